The lowest BCUT2D eigenvalue weighted by Gasteiger charge is -2.01. The molecule has 1 aromatic carbocycles. The van der Waals surface area contributed by atoms with E-state index in [1.165, 1.54) is 6.26 Å². The molecule has 0 atom stereocenters. The normalized spacial score (nSPS) is 10.4. The van der Waals surface area contributed by atoms with Crippen molar-refractivity contribution in [2.75, 3.05) is 0 Å². The van der Waals surface area contributed by atoms with Gasteiger partial charge in [0.15, 0.2) is 5.78 Å². The third-order valence-electron chi connectivity index (χ3n) is 2.19. The second kappa shape index (κ2) is 4.73. The van der Waals surface area contributed by atoms with Gasteiger partial charge in [-0.15, -0.1) is 0 Å². The molecule has 0 fully saturated rings. The van der Waals surface area contributed by atoms with E-state index in [4.69, 9.17) is 27.6 Å². The fourth-order valence-electron chi connectivity index (χ4n) is 1.35. The quantitative estimate of drug-likeness (QED) is 0.775. The van der Waals surface area contributed by atoms with Gasteiger partial charge in [-0.05, 0) is 29.8 Å². The van der Waals surface area contributed by atoms with Crippen LogP contribution in [0.3, 0.4) is 0 Å². The van der Waals surface area contributed by atoms with Gasteiger partial charge in [0.2, 0.25) is 0 Å². The molecule has 0 aliphatic rings. The fraction of sp³-hybridized carbons (Fsp3) is 0.0833. The van der Waals surface area contributed by atoms with Crippen molar-refractivity contribution in [2.45, 2.75) is 6.42 Å². The van der Waals surface area contributed by atoms with E-state index in [0.29, 0.717) is 22.0 Å². The predicted octanol–water partition coefficient (Wildman–Crippen LogP) is 4.01. The fourth-order valence-corrected chi connectivity index (χ4v) is 1.65. The van der Waals surface area contributed by atoms with Gasteiger partial charge in [-0.1, -0.05) is 23.2 Å². The lowest BCUT2D eigenvalue weighted by atomic mass is 10.1. The van der Waals surface area contributed by atoms with E-state index in [2.05, 4.69) is 0 Å². The zero-order valence-electron chi connectivity index (χ0n) is 8.24. The Morgan fingerprint density at radius 3 is 2.62 bits per heavy atom. The number of benzene rings is 1. The van der Waals surface area contributed by atoms with Crippen LogP contribution >= 0.6 is 23.2 Å². The second-order valence-corrected chi connectivity index (χ2v) is 4.17. The van der Waals surface area contributed by atoms with Gasteiger partial charge in [0.1, 0.15) is 0 Å². The smallest absolute Gasteiger partial charge is 0.167 e. The topological polar surface area (TPSA) is 30.2 Å². The summed E-state index contributed by atoms with van der Waals surface area (Å²) in [6, 6.07) is 6.62. The van der Waals surface area contributed by atoms with E-state index < -0.39 is 0 Å². The van der Waals surface area contributed by atoms with Crippen molar-refractivity contribution in [3.05, 3.63) is 58.0 Å². The van der Waals surface area contributed by atoms with Gasteiger partial charge in [-0.3, -0.25) is 4.79 Å². The molecule has 2 aromatic rings. The maximum absolute atomic E-state index is 11.8. The van der Waals surface area contributed by atoms with Crippen LogP contribution in [0.4, 0.5) is 0 Å². The highest BCUT2D eigenvalue weighted by molar-refractivity contribution is 6.42. The lowest BCUT2D eigenvalue weighted by molar-refractivity contribution is 0.0993. The minimum atomic E-state index is -0.0139. The lowest BCUT2D eigenvalue weighted by Crippen LogP contribution is -2.02. The van der Waals surface area contributed by atoms with Gasteiger partial charge in [0, 0.05) is 12.0 Å². The molecule has 2 rings (SSSR count). The molecule has 1 heterocycles. The molecule has 0 bridgehead atoms. The minimum absolute atomic E-state index is 0.0139. The molecule has 0 saturated heterocycles. The van der Waals surface area contributed by atoms with E-state index in [1.807, 2.05) is 0 Å². The number of rotatable bonds is 3. The number of carbonyl (C=O) groups is 1. The Hall–Kier alpha value is -1.25. The molecule has 0 aliphatic heterocycles. The van der Waals surface area contributed by atoms with Gasteiger partial charge in [-0.2, -0.15) is 0 Å². The molecule has 0 saturated carbocycles. The summed E-state index contributed by atoms with van der Waals surface area (Å²) in [6.45, 7) is 0. The Labute approximate surface area is 103 Å². The van der Waals surface area contributed by atoms with Crippen molar-refractivity contribution in [3.63, 3.8) is 0 Å². The monoisotopic (exact) mass is 254 g/mol. The van der Waals surface area contributed by atoms with Gasteiger partial charge in [0.05, 0.1) is 22.6 Å². The van der Waals surface area contributed by atoms with Crippen LogP contribution in [0.25, 0.3) is 0 Å². The maximum atomic E-state index is 11.8. The molecule has 0 aliphatic carbocycles. The Morgan fingerprint density at radius 1 is 1.19 bits per heavy atom. The van der Waals surface area contributed by atoms with Crippen LogP contribution in [0.1, 0.15) is 15.9 Å². The highest BCUT2D eigenvalue weighted by atomic mass is 35.5. The number of furan rings is 1. The number of halogens is 2. The Kier molecular flexibility index (Phi) is 3.32. The molecule has 2 nitrogen and oxygen atoms in total. The SMILES string of the molecule is O=C(Cc1ccoc1)c1ccc(Cl)c(Cl)c1. The molecule has 82 valence electrons. The van der Waals surface area contributed by atoms with Crippen molar-refractivity contribution in [1.82, 2.24) is 0 Å². The van der Waals surface area contributed by atoms with Crippen molar-refractivity contribution in [3.8, 4) is 0 Å². The molecular weight excluding hydrogens is 247 g/mol. The summed E-state index contributed by atoms with van der Waals surface area (Å²) < 4.78 is 4.89. The van der Waals surface area contributed by atoms with Gasteiger partial charge in [-0.25, -0.2) is 0 Å². The summed E-state index contributed by atoms with van der Waals surface area (Å²) in [4.78, 5) is 11.8. The van der Waals surface area contributed by atoms with Gasteiger partial charge < -0.3 is 4.42 Å². The number of hydrogen-bond acceptors (Lipinski definition) is 2. The van der Waals surface area contributed by atoms with E-state index in [0.717, 1.165) is 5.56 Å². The first kappa shape index (κ1) is 11.2. The number of ketones is 1. The molecule has 0 spiro atoms. The van der Waals surface area contributed by atoms with Gasteiger partial charge in [0.25, 0.3) is 0 Å². The average molecular weight is 255 g/mol. The van der Waals surface area contributed by atoms with Crippen molar-refractivity contribution >= 4 is 29.0 Å². The Balaban J connectivity index is 2.18. The summed E-state index contributed by atoms with van der Waals surface area (Å²) in [5.41, 5.74) is 1.40. The largest absolute Gasteiger partial charge is 0.472 e. The Bertz CT molecular complexity index is 504. The van der Waals surface area contributed by atoms with Crippen LogP contribution < -0.4 is 0 Å². The first-order valence-electron chi connectivity index (χ1n) is 4.66. The van der Waals surface area contributed by atoms with E-state index in [1.54, 1.807) is 30.5 Å². The molecule has 0 radical (unpaired) electrons. The molecule has 0 unspecified atom stereocenters. The van der Waals surface area contributed by atoms with Crippen molar-refractivity contribution < 1.29 is 9.21 Å². The second-order valence-electron chi connectivity index (χ2n) is 3.36. The first-order valence-corrected chi connectivity index (χ1v) is 5.42. The van der Waals surface area contributed by atoms with Crippen LogP contribution in [-0.4, -0.2) is 5.78 Å². The molecule has 0 N–H and O–H groups in total. The van der Waals surface area contributed by atoms with E-state index in [-0.39, 0.29) is 5.78 Å². The summed E-state index contributed by atoms with van der Waals surface area (Å²) in [7, 11) is 0. The van der Waals surface area contributed by atoms with Crippen LogP contribution in [-0.2, 0) is 6.42 Å². The van der Waals surface area contributed by atoms with Crippen molar-refractivity contribution in [2.24, 2.45) is 0 Å². The van der Waals surface area contributed by atoms with Crippen LogP contribution in [0.2, 0.25) is 10.0 Å². The zero-order chi connectivity index (χ0) is 11.5. The number of Topliss-reactive ketones (excluding diaryl/α,β-unsaturated/α-hetero) is 1. The van der Waals surface area contributed by atoms with Crippen LogP contribution in [0, 0.1) is 0 Å². The Morgan fingerprint density at radius 2 is 2.00 bits per heavy atom. The number of hydrogen-bond donors (Lipinski definition) is 0. The number of carbonyl (C=O) groups excluding carboxylic acids is 1. The van der Waals surface area contributed by atoms with E-state index in [9.17, 15) is 4.79 Å². The predicted molar refractivity (Wildman–Crippen MR) is 63.2 cm³/mol. The minimum Gasteiger partial charge on any atom is -0.472 e. The first-order chi connectivity index (χ1) is 7.66. The molecule has 16 heavy (non-hydrogen) atoms. The van der Waals surface area contributed by atoms with Crippen molar-refractivity contribution in [1.29, 1.82) is 0 Å². The summed E-state index contributed by atoms with van der Waals surface area (Å²) >= 11 is 11.6. The van der Waals surface area contributed by atoms with Gasteiger partial charge >= 0.3 is 0 Å². The third kappa shape index (κ3) is 2.46. The highest BCUT2D eigenvalue weighted by Gasteiger charge is 2.09. The molecule has 0 amide bonds. The van der Waals surface area contributed by atoms with Crippen LogP contribution in [0.5, 0.6) is 0 Å². The summed E-state index contributed by atoms with van der Waals surface area (Å²) in [6.07, 6.45) is 3.39. The zero-order valence-corrected chi connectivity index (χ0v) is 9.76. The molecule has 1 aromatic heterocycles. The van der Waals surface area contributed by atoms with E-state index >= 15 is 0 Å². The highest BCUT2D eigenvalue weighted by Crippen LogP contribution is 2.23. The van der Waals surface area contributed by atoms with Crippen LogP contribution in [0.15, 0.2) is 41.2 Å². The molecular formula is C12H8Cl2O2. The summed E-state index contributed by atoms with van der Waals surface area (Å²) in [5.74, 6) is -0.0139. The standard InChI is InChI=1S/C12H8Cl2O2/c13-10-2-1-9(6-11(10)14)12(15)5-8-3-4-16-7-8/h1-4,6-7H,5H2. The maximum Gasteiger partial charge on any atom is 0.167 e. The third-order valence-corrected chi connectivity index (χ3v) is 2.93. The summed E-state index contributed by atoms with van der Waals surface area (Å²) in [5, 5.41) is 0.834. The molecule has 4 heteroatoms. The average Bonchev–Trinajstić information content (AvgIpc) is 2.74.